The van der Waals surface area contributed by atoms with Crippen LogP contribution < -0.4 is 20.3 Å². The van der Waals surface area contributed by atoms with E-state index in [1.54, 1.807) is 7.11 Å². The van der Waals surface area contributed by atoms with E-state index in [1.165, 1.54) is 30.5 Å². The smallest absolute Gasteiger partial charge is 0.238 e. The number of nitrogens with one attached hydrogen (secondary N) is 2. The average molecular weight is 367 g/mol. The van der Waals surface area contributed by atoms with E-state index >= 15 is 0 Å². The normalized spacial score (nSPS) is 14.0. The van der Waals surface area contributed by atoms with Gasteiger partial charge in [0.1, 0.15) is 5.75 Å². The molecule has 2 N–H and O–H groups in total. The molecule has 3 rings (SSSR count). The van der Waals surface area contributed by atoms with Gasteiger partial charge < -0.3 is 20.3 Å². The molecule has 1 aliphatic heterocycles. The summed E-state index contributed by atoms with van der Waals surface area (Å²) in [6.45, 7) is 3.30. The van der Waals surface area contributed by atoms with E-state index in [0.29, 0.717) is 6.54 Å². The molecule has 1 saturated heterocycles. The third-order valence-corrected chi connectivity index (χ3v) is 4.88. The molecule has 0 aliphatic carbocycles. The molecule has 5 heteroatoms. The standard InChI is InChI=1S/C22H29N3O2/c1-27-21-7-5-6-18(16-21)12-13-23-17-22(26)24-19-8-10-20(11-9-19)25-14-3-2-4-15-25/h5-11,16,23H,2-4,12-15,17H2,1H3,(H,24,26). The van der Waals surface area contributed by atoms with Crippen LogP contribution in [0.4, 0.5) is 11.4 Å². The number of amides is 1. The highest BCUT2D eigenvalue weighted by molar-refractivity contribution is 5.92. The minimum atomic E-state index is -0.0219. The third kappa shape index (κ3) is 6.00. The van der Waals surface area contributed by atoms with E-state index in [9.17, 15) is 4.79 Å². The Morgan fingerprint density at radius 3 is 2.59 bits per heavy atom. The van der Waals surface area contributed by atoms with Crippen LogP contribution in [0.3, 0.4) is 0 Å². The molecule has 2 aromatic carbocycles. The van der Waals surface area contributed by atoms with Gasteiger partial charge in [0.15, 0.2) is 0 Å². The Hall–Kier alpha value is -2.53. The number of ether oxygens (including phenoxy) is 1. The van der Waals surface area contributed by atoms with Gasteiger partial charge in [-0.2, -0.15) is 0 Å². The number of piperidine rings is 1. The van der Waals surface area contributed by atoms with Crippen LogP contribution in [0.2, 0.25) is 0 Å². The zero-order chi connectivity index (χ0) is 18.9. The first-order chi connectivity index (χ1) is 13.2. The summed E-state index contributed by atoms with van der Waals surface area (Å²) in [5.74, 6) is 0.838. The van der Waals surface area contributed by atoms with Crippen molar-refractivity contribution in [1.82, 2.24) is 5.32 Å². The number of hydrogen-bond acceptors (Lipinski definition) is 4. The second-order valence-corrected chi connectivity index (χ2v) is 6.92. The van der Waals surface area contributed by atoms with Crippen molar-refractivity contribution in [2.24, 2.45) is 0 Å². The van der Waals surface area contributed by atoms with Crippen LogP contribution in [0.15, 0.2) is 48.5 Å². The number of anilines is 2. The molecular weight excluding hydrogens is 338 g/mol. The Labute approximate surface area is 161 Å². The lowest BCUT2D eigenvalue weighted by Crippen LogP contribution is -2.30. The Morgan fingerprint density at radius 1 is 1.07 bits per heavy atom. The number of carbonyl (C=O) groups excluding carboxylic acids is 1. The summed E-state index contributed by atoms with van der Waals surface area (Å²) < 4.78 is 5.23. The maximum absolute atomic E-state index is 12.1. The van der Waals surface area contributed by atoms with Crippen molar-refractivity contribution in [3.63, 3.8) is 0 Å². The van der Waals surface area contributed by atoms with Crippen molar-refractivity contribution in [2.75, 3.05) is 43.5 Å². The first-order valence-electron chi connectivity index (χ1n) is 9.73. The summed E-state index contributed by atoms with van der Waals surface area (Å²) in [7, 11) is 1.67. The van der Waals surface area contributed by atoms with Gasteiger partial charge in [0.2, 0.25) is 5.91 Å². The lowest BCUT2D eigenvalue weighted by molar-refractivity contribution is -0.115. The second-order valence-electron chi connectivity index (χ2n) is 6.92. The van der Waals surface area contributed by atoms with Crippen LogP contribution in [0.25, 0.3) is 0 Å². The van der Waals surface area contributed by atoms with Gasteiger partial charge >= 0.3 is 0 Å². The fraction of sp³-hybridized carbons (Fsp3) is 0.409. The number of hydrogen-bond donors (Lipinski definition) is 2. The number of methoxy groups -OCH3 is 1. The van der Waals surface area contributed by atoms with Gasteiger partial charge in [-0.1, -0.05) is 12.1 Å². The van der Waals surface area contributed by atoms with Gasteiger partial charge in [-0.15, -0.1) is 0 Å². The largest absolute Gasteiger partial charge is 0.497 e. The van der Waals surface area contributed by atoms with Crippen molar-refractivity contribution in [2.45, 2.75) is 25.7 Å². The molecule has 0 bridgehead atoms. The van der Waals surface area contributed by atoms with Crippen molar-refractivity contribution in [3.8, 4) is 5.75 Å². The van der Waals surface area contributed by atoms with Crippen LogP contribution in [0, 0.1) is 0 Å². The van der Waals surface area contributed by atoms with Gasteiger partial charge in [-0.25, -0.2) is 0 Å². The SMILES string of the molecule is COc1cccc(CCNCC(=O)Nc2ccc(N3CCCCC3)cc2)c1. The van der Waals surface area contributed by atoms with Gasteiger partial charge in [0.25, 0.3) is 0 Å². The highest BCUT2D eigenvalue weighted by Gasteiger charge is 2.10. The van der Waals surface area contributed by atoms with Crippen LogP contribution in [-0.4, -0.2) is 39.2 Å². The fourth-order valence-electron chi connectivity index (χ4n) is 3.38. The highest BCUT2D eigenvalue weighted by atomic mass is 16.5. The summed E-state index contributed by atoms with van der Waals surface area (Å²) in [5, 5.41) is 6.14. The van der Waals surface area contributed by atoms with E-state index in [2.05, 4.69) is 33.7 Å². The summed E-state index contributed by atoms with van der Waals surface area (Å²) in [5.41, 5.74) is 3.27. The molecule has 1 aliphatic rings. The molecule has 0 spiro atoms. The van der Waals surface area contributed by atoms with E-state index in [0.717, 1.165) is 37.5 Å². The predicted molar refractivity (Wildman–Crippen MR) is 111 cm³/mol. The predicted octanol–water partition coefficient (Wildman–Crippen LogP) is 3.46. The number of rotatable bonds is 8. The van der Waals surface area contributed by atoms with Crippen molar-refractivity contribution < 1.29 is 9.53 Å². The van der Waals surface area contributed by atoms with E-state index in [4.69, 9.17) is 4.74 Å². The zero-order valence-electron chi connectivity index (χ0n) is 16.0. The molecule has 0 saturated carbocycles. The van der Waals surface area contributed by atoms with E-state index in [-0.39, 0.29) is 5.91 Å². The molecule has 5 nitrogen and oxygen atoms in total. The Bertz CT molecular complexity index is 725. The van der Waals surface area contributed by atoms with Crippen molar-refractivity contribution in [1.29, 1.82) is 0 Å². The van der Waals surface area contributed by atoms with Gasteiger partial charge in [-0.3, -0.25) is 4.79 Å². The quantitative estimate of drug-likeness (QED) is 0.702. The highest BCUT2D eigenvalue weighted by Crippen LogP contribution is 2.21. The molecule has 2 aromatic rings. The molecule has 27 heavy (non-hydrogen) atoms. The first kappa shape index (κ1) is 19.2. The fourth-order valence-corrected chi connectivity index (χ4v) is 3.38. The maximum atomic E-state index is 12.1. The molecule has 0 unspecified atom stereocenters. The third-order valence-electron chi connectivity index (χ3n) is 4.88. The van der Waals surface area contributed by atoms with Crippen LogP contribution >= 0.6 is 0 Å². The number of carbonyl (C=O) groups is 1. The lowest BCUT2D eigenvalue weighted by Gasteiger charge is -2.28. The maximum Gasteiger partial charge on any atom is 0.238 e. The van der Waals surface area contributed by atoms with Crippen LogP contribution in [-0.2, 0) is 11.2 Å². The van der Waals surface area contributed by atoms with Gasteiger partial charge in [-0.05, 0) is 74.2 Å². The van der Waals surface area contributed by atoms with Crippen LogP contribution in [0.1, 0.15) is 24.8 Å². The van der Waals surface area contributed by atoms with E-state index < -0.39 is 0 Å². The average Bonchev–Trinajstić information content (AvgIpc) is 2.72. The summed E-state index contributed by atoms with van der Waals surface area (Å²) in [6, 6.07) is 16.2. The molecule has 0 aromatic heterocycles. The summed E-state index contributed by atoms with van der Waals surface area (Å²) in [6.07, 6.45) is 4.71. The molecule has 144 valence electrons. The molecule has 1 fully saturated rings. The Balaban J connectivity index is 1.38. The first-order valence-corrected chi connectivity index (χ1v) is 9.73. The summed E-state index contributed by atoms with van der Waals surface area (Å²) >= 11 is 0. The number of benzene rings is 2. The van der Waals surface area contributed by atoms with Crippen molar-refractivity contribution >= 4 is 17.3 Å². The number of nitrogens with zero attached hydrogens (tertiary/aromatic N) is 1. The van der Waals surface area contributed by atoms with Crippen LogP contribution in [0.5, 0.6) is 5.75 Å². The molecular formula is C22H29N3O2. The second kappa shape index (κ2) is 9.97. The van der Waals surface area contributed by atoms with E-state index in [1.807, 2.05) is 30.3 Å². The van der Waals surface area contributed by atoms with Crippen molar-refractivity contribution in [3.05, 3.63) is 54.1 Å². The topological polar surface area (TPSA) is 53.6 Å². The molecule has 1 heterocycles. The summed E-state index contributed by atoms with van der Waals surface area (Å²) in [4.78, 5) is 14.5. The monoisotopic (exact) mass is 367 g/mol. The molecule has 0 radical (unpaired) electrons. The van der Waals surface area contributed by atoms with Gasteiger partial charge in [0, 0.05) is 24.5 Å². The Morgan fingerprint density at radius 2 is 1.85 bits per heavy atom. The minimum Gasteiger partial charge on any atom is -0.497 e. The lowest BCUT2D eigenvalue weighted by atomic mass is 10.1. The minimum absolute atomic E-state index is 0.0219. The Kier molecular flexibility index (Phi) is 7.11. The molecule has 0 atom stereocenters. The zero-order valence-corrected chi connectivity index (χ0v) is 16.0. The molecule has 1 amide bonds. The van der Waals surface area contributed by atoms with Gasteiger partial charge in [0.05, 0.1) is 13.7 Å².